The molecule has 0 saturated heterocycles. The van der Waals surface area contributed by atoms with E-state index in [0.717, 1.165) is 24.0 Å². The first-order chi connectivity index (χ1) is 9.78. The van der Waals surface area contributed by atoms with Crippen molar-refractivity contribution in [3.63, 3.8) is 0 Å². The SMILES string of the molecule is NCC#Cc1ccc(Cn2ccn(C3CC3)c2=O)cc1. The van der Waals surface area contributed by atoms with E-state index in [4.69, 9.17) is 5.73 Å². The number of nitrogens with zero attached hydrogens (tertiary/aromatic N) is 2. The lowest BCUT2D eigenvalue weighted by atomic mass is 10.1. The molecule has 102 valence electrons. The normalized spacial score (nSPS) is 13.8. The van der Waals surface area contributed by atoms with Gasteiger partial charge < -0.3 is 5.73 Å². The molecule has 0 aliphatic heterocycles. The van der Waals surface area contributed by atoms with Crippen molar-refractivity contribution in [1.82, 2.24) is 9.13 Å². The summed E-state index contributed by atoms with van der Waals surface area (Å²) in [5.74, 6) is 5.81. The fourth-order valence-corrected chi connectivity index (χ4v) is 2.22. The molecule has 0 atom stereocenters. The number of rotatable bonds is 3. The van der Waals surface area contributed by atoms with Crippen LogP contribution in [-0.2, 0) is 6.54 Å². The lowest BCUT2D eigenvalue weighted by Crippen LogP contribution is -2.23. The van der Waals surface area contributed by atoms with Gasteiger partial charge in [-0.1, -0.05) is 24.0 Å². The third-order valence-corrected chi connectivity index (χ3v) is 3.46. The highest BCUT2D eigenvalue weighted by Gasteiger charge is 2.25. The number of aromatic nitrogens is 2. The van der Waals surface area contributed by atoms with Crippen molar-refractivity contribution >= 4 is 0 Å². The zero-order chi connectivity index (χ0) is 13.9. The summed E-state index contributed by atoms with van der Waals surface area (Å²) >= 11 is 0. The van der Waals surface area contributed by atoms with Gasteiger partial charge in [0.1, 0.15) is 0 Å². The molecule has 2 N–H and O–H groups in total. The minimum Gasteiger partial charge on any atom is -0.320 e. The molecule has 1 aromatic carbocycles. The van der Waals surface area contributed by atoms with Gasteiger partial charge in [-0.25, -0.2) is 4.79 Å². The van der Waals surface area contributed by atoms with E-state index in [2.05, 4.69) is 11.8 Å². The number of hydrogen-bond acceptors (Lipinski definition) is 2. The van der Waals surface area contributed by atoms with E-state index in [0.29, 0.717) is 19.1 Å². The predicted octanol–water partition coefficient (Wildman–Crippen LogP) is 1.34. The molecule has 1 aromatic heterocycles. The first-order valence-electron chi connectivity index (χ1n) is 6.83. The Bertz CT molecular complexity index is 709. The van der Waals surface area contributed by atoms with Crippen molar-refractivity contribution in [3.8, 4) is 11.8 Å². The molecule has 3 rings (SSSR count). The Morgan fingerprint density at radius 3 is 2.60 bits per heavy atom. The van der Waals surface area contributed by atoms with Gasteiger partial charge in [0.15, 0.2) is 0 Å². The molecule has 1 aliphatic carbocycles. The van der Waals surface area contributed by atoms with Gasteiger partial charge >= 0.3 is 5.69 Å². The summed E-state index contributed by atoms with van der Waals surface area (Å²) in [6, 6.07) is 8.35. The molecule has 4 heteroatoms. The van der Waals surface area contributed by atoms with Crippen LogP contribution in [0.2, 0.25) is 0 Å². The maximum atomic E-state index is 12.2. The topological polar surface area (TPSA) is 52.9 Å². The molecule has 1 aliphatic rings. The van der Waals surface area contributed by atoms with Crippen LogP contribution in [0.1, 0.15) is 30.0 Å². The second-order valence-corrected chi connectivity index (χ2v) is 5.05. The van der Waals surface area contributed by atoms with E-state index in [1.165, 1.54) is 0 Å². The molecular weight excluding hydrogens is 250 g/mol. The van der Waals surface area contributed by atoms with Crippen LogP contribution in [0.3, 0.4) is 0 Å². The van der Waals surface area contributed by atoms with E-state index in [1.807, 2.05) is 41.2 Å². The highest BCUT2D eigenvalue weighted by Crippen LogP contribution is 2.33. The van der Waals surface area contributed by atoms with Gasteiger partial charge in [0.2, 0.25) is 0 Å². The number of benzene rings is 1. The molecule has 4 nitrogen and oxygen atoms in total. The molecule has 20 heavy (non-hydrogen) atoms. The Morgan fingerprint density at radius 2 is 1.95 bits per heavy atom. The first-order valence-corrected chi connectivity index (χ1v) is 6.83. The summed E-state index contributed by atoms with van der Waals surface area (Å²) in [6.07, 6.45) is 6.00. The van der Waals surface area contributed by atoms with Gasteiger partial charge in [-0.15, -0.1) is 0 Å². The molecule has 0 amide bonds. The maximum Gasteiger partial charge on any atom is 0.328 e. The van der Waals surface area contributed by atoms with Gasteiger partial charge in [0, 0.05) is 24.0 Å². The van der Waals surface area contributed by atoms with E-state index >= 15 is 0 Å². The smallest absolute Gasteiger partial charge is 0.320 e. The lowest BCUT2D eigenvalue weighted by Gasteiger charge is -2.02. The van der Waals surface area contributed by atoms with E-state index in [-0.39, 0.29) is 5.69 Å². The molecule has 0 radical (unpaired) electrons. The fraction of sp³-hybridized carbons (Fsp3) is 0.312. The van der Waals surface area contributed by atoms with Crippen molar-refractivity contribution < 1.29 is 0 Å². The second kappa shape index (κ2) is 5.40. The first kappa shape index (κ1) is 12.8. The molecule has 1 fully saturated rings. The van der Waals surface area contributed by atoms with Crippen LogP contribution < -0.4 is 11.4 Å². The van der Waals surface area contributed by atoms with Gasteiger partial charge in [-0.05, 0) is 30.5 Å². The zero-order valence-electron chi connectivity index (χ0n) is 11.2. The quantitative estimate of drug-likeness (QED) is 0.853. The third-order valence-electron chi connectivity index (χ3n) is 3.46. The van der Waals surface area contributed by atoms with Gasteiger partial charge in [0.25, 0.3) is 0 Å². The summed E-state index contributed by atoms with van der Waals surface area (Å²) in [7, 11) is 0. The Balaban J connectivity index is 1.76. The lowest BCUT2D eigenvalue weighted by molar-refractivity contribution is 0.656. The minimum absolute atomic E-state index is 0.0829. The largest absolute Gasteiger partial charge is 0.328 e. The molecular formula is C16H17N3O. The number of hydrogen-bond donors (Lipinski definition) is 1. The molecule has 2 aromatic rings. The second-order valence-electron chi connectivity index (χ2n) is 5.05. The molecule has 0 unspecified atom stereocenters. The Morgan fingerprint density at radius 1 is 1.20 bits per heavy atom. The molecule has 1 heterocycles. The summed E-state index contributed by atoms with van der Waals surface area (Å²) < 4.78 is 3.58. The van der Waals surface area contributed by atoms with Crippen molar-refractivity contribution in [2.45, 2.75) is 25.4 Å². The summed E-state index contributed by atoms with van der Waals surface area (Å²) in [5, 5.41) is 0. The van der Waals surface area contributed by atoms with Crippen LogP contribution in [0.4, 0.5) is 0 Å². The molecule has 0 spiro atoms. The van der Waals surface area contributed by atoms with E-state index in [9.17, 15) is 4.79 Å². The summed E-state index contributed by atoms with van der Waals surface area (Å²) in [4.78, 5) is 12.2. The summed E-state index contributed by atoms with van der Waals surface area (Å²) in [5.41, 5.74) is 7.47. The van der Waals surface area contributed by atoms with Crippen molar-refractivity contribution in [3.05, 3.63) is 58.3 Å². The van der Waals surface area contributed by atoms with Crippen LogP contribution in [0.15, 0.2) is 41.5 Å². The predicted molar refractivity (Wildman–Crippen MR) is 78.4 cm³/mol. The van der Waals surface area contributed by atoms with Gasteiger partial charge in [-0.3, -0.25) is 9.13 Å². The van der Waals surface area contributed by atoms with Gasteiger partial charge in [0.05, 0.1) is 13.1 Å². The summed E-state index contributed by atoms with van der Waals surface area (Å²) in [6.45, 7) is 0.967. The fourth-order valence-electron chi connectivity index (χ4n) is 2.22. The number of nitrogens with two attached hydrogens (primary N) is 1. The van der Waals surface area contributed by atoms with Crippen LogP contribution in [0, 0.1) is 11.8 Å². The zero-order valence-corrected chi connectivity index (χ0v) is 11.2. The van der Waals surface area contributed by atoms with Crippen LogP contribution in [0.25, 0.3) is 0 Å². The Hall–Kier alpha value is -2.25. The van der Waals surface area contributed by atoms with Crippen LogP contribution in [-0.4, -0.2) is 15.7 Å². The molecule has 0 bridgehead atoms. The Kier molecular flexibility index (Phi) is 3.44. The molecule has 1 saturated carbocycles. The maximum absolute atomic E-state index is 12.2. The van der Waals surface area contributed by atoms with E-state index < -0.39 is 0 Å². The average Bonchev–Trinajstić information content (AvgIpc) is 3.24. The average molecular weight is 267 g/mol. The Labute approximate surface area is 117 Å². The monoisotopic (exact) mass is 267 g/mol. The minimum atomic E-state index is 0.0829. The third kappa shape index (κ3) is 2.68. The van der Waals surface area contributed by atoms with Crippen LogP contribution in [0.5, 0.6) is 0 Å². The highest BCUT2D eigenvalue weighted by atomic mass is 16.1. The van der Waals surface area contributed by atoms with Crippen molar-refractivity contribution in [1.29, 1.82) is 0 Å². The van der Waals surface area contributed by atoms with E-state index in [1.54, 1.807) is 4.57 Å². The van der Waals surface area contributed by atoms with Crippen LogP contribution >= 0.6 is 0 Å². The van der Waals surface area contributed by atoms with Gasteiger partial charge in [-0.2, -0.15) is 0 Å². The standard InChI is InChI=1S/C16H17N3O/c17-9-1-2-13-3-5-14(6-4-13)12-18-10-11-19(16(18)20)15-7-8-15/h3-6,10-11,15H,7-9,12,17H2. The highest BCUT2D eigenvalue weighted by molar-refractivity contribution is 5.36. The number of imidazole rings is 1. The van der Waals surface area contributed by atoms with Crippen molar-refractivity contribution in [2.24, 2.45) is 5.73 Å². The van der Waals surface area contributed by atoms with Crippen molar-refractivity contribution in [2.75, 3.05) is 6.54 Å².